The molecule has 0 aromatic carbocycles. The van der Waals surface area contributed by atoms with Crippen molar-refractivity contribution in [2.75, 3.05) is 25.1 Å². The third kappa shape index (κ3) is 3.47. The first kappa shape index (κ1) is 12.5. The number of aliphatic hydroxyl groups excluding tert-OH is 1. The minimum atomic E-state index is 0.210. The average Bonchev–Trinajstić information content (AvgIpc) is 2.17. The Bertz CT molecular complexity index is 330. The minimum Gasteiger partial charge on any atom is -0.396 e. The monoisotopic (exact) mass is 272 g/mol. The fraction of sp³-hybridized carbons (Fsp3) is 0.545. The molecule has 4 heteroatoms. The van der Waals surface area contributed by atoms with E-state index in [-0.39, 0.29) is 12.5 Å². The second kappa shape index (κ2) is 5.47. The van der Waals surface area contributed by atoms with Crippen LogP contribution in [0.3, 0.4) is 0 Å². The van der Waals surface area contributed by atoms with Gasteiger partial charge in [0.15, 0.2) is 0 Å². The Morgan fingerprint density at radius 1 is 1.53 bits per heavy atom. The number of hydrogen-bond donors (Lipinski definition) is 1. The van der Waals surface area contributed by atoms with Gasteiger partial charge in [-0.1, -0.05) is 6.92 Å². The molecule has 0 saturated carbocycles. The van der Waals surface area contributed by atoms with E-state index < -0.39 is 0 Å². The van der Waals surface area contributed by atoms with Gasteiger partial charge in [0.25, 0.3) is 0 Å². The maximum absolute atomic E-state index is 8.99. The van der Waals surface area contributed by atoms with Gasteiger partial charge in [-0.05, 0) is 40.9 Å². The first-order valence-corrected chi connectivity index (χ1v) is 5.79. The molecule has 1 rings (SSSR count). The first-order chi connectivity index (χ1) is 7.04. The van der Waals surface area contributed by atoms with E-state index in [9.17, 15) is 0 Å². The van der Waals surface area contributed by atoms with Crippen molar-refractivity contribution in [1.82, 2.24) is 4.98 Å². The van der Waals surface area contributed by atoms with Crippen LogP contribution in [0, 0.1) is 12.8 Å². The SMILES string of the molecule is Cc1ccc(N(C)CC(C)CO)c(Br)n1. The number of nitrogens with zero attached hydrogens (tertiary/aromatic N) is 2. The summed E-state index contributed by atoms with van der Waals surface area (Å²) in [7, 11) is 2.00. The average molecular weight is 273 g/mol. The van der Waals surface area contributed by atoms with Crippen LogP contribution in [0.5, 0.6) is 0 Å². The standard InChI is InChI=1S/C11H17BrN2O/c1-8(7-15)6-14(3)10-5-4-9(2)13-11(10)12/h4-5,8,15H,6-7H2,1-3H3. The van der Waals surface area contributed by atoms with Crippen LogP contribution in [-0.4, -0.2) is 30.3 Å². The van der Waals surface area contributed by atoms with Crippen molar-refractivity contribution >= 4 is 21.6 Å². The van der Waals surface area contributed by atoms with Gasteiger partial charge in [-0.2, -0.15) is 0 Å². The molecule has 0 aliphatic carbocycles. The smallest absolute Gasteiger partial charge is 0.129 e. The summed E-state index contributed by atoms with van der Waals surface area (Å²) in [6.45, 7) is 5.01. The van der Waals surface area contributed by atoms with Gasteiger partial charge >= 0.3 is 0 Å². The number of anilines is 1. The molecule has 0 spiro atoms. The van der Waals surface area contributed by atoms with E-state index in [1.807, 2.05) is 33.0 Å². The molecule has 1 aromatic rings. The molecule has 0 aliphatic heterocycles. The van der Waals surface area contributed by atoms with E-state index in [0.717, 1.165) is 22.5 Å². The van der Waals surface area contributed by atoms with Gasteiger partial charge in [0.05, 0.1) is 5.69 Å². The first-order valence-electron chi connectivity index (χ1n) is 4.99. The highest BCUT2D eigenvalue weighted by Crippen LogP contribution is 2.23. The lowest BCUT2D eigenvalue weighted by Gasteiger charge is -2.23. The Morgan fingerprint density at radius 2 is 2.20 bits per heavy atom. The maximum Gasteiger partial charge on any atom is 0.129 e. The molecular formula is C11H17BrN2O. The molecule has 84 valence electrons. The van der Waals surface area contributed by atoms with Crippen LogP contribution in [0.2, 0.25) is 0 Å². The van der Waals surface area contributed by atoms with E-state index >= 15 is 0 Å². The van der Waals surface area contributed by atoms with Crippen molar-refractivity contribution in [3.05, 3.63) is 22.4 Å². The topological polar surface area (TPSA) is 36.4 Å². The summed E-state index contributed by atoms with van der Waals surface area (Å²) in [4.78, 5) is 6.43. The molecule has 0 bridgehead atoms. The van der Waals surface area contributed by atoms with Crippen LogP contribution in [0.1, 0.15) is 12.6 Å². The number of aliphatic hydroxyl groups is 1. The van der Waals surface area contributed by atoms with Gasteiger partial charge in [0.2, 0.25) is 0 Å². The van der Waals surface area contributed by atoms with Crippen LogP contribution >= 0.6 is 15.9 Å². The van der Waals surface area contributed by atoms with Crippen molar-refractivity contribution in [3.63, 3.8) is 0 Å². The summed E-state index contributed by atoms with van der Waals surface area (Å²) in [5.74, 6) is 0.267. The van der Waals surface area contributed by atoms with Crippen molar-refractivity contribution in [2.45, 2.75) is 13.8 Å². The summed E-state index contributed by atoms with van der Waals surface area (Å²) in [6.07, 6.45) is 0. The Balaban J connectivity index is 2.77. The predicted octanol–water partition coefficient (Wildman–Crippen LogP) is 2.22. The van der Waals surface area contributed by atoms with Gasteiger partial charge in [0, 0.05) is 25.9 Å². The highest BCUT2D eigenvalue weighted by Gasteiger charge is 2.09. The second-order valence-corrected chi connectivity index (χ2v) is 4.68. The van der Waals surface area contributed by atoms with Gasteiger partial charge in [-0.15, -0.1) is 0 Å². The van der Waals surface area contributed by atoms with Gasteiger partial charge < -0.3 is 10.0 Å². The number of halogens is 1. The van der Waals surface area contributed by atoms with Gasteiger partial charge in [-0.25, -0.2) is 4.98 Å². The predicted molar refractivity (Wildman–Crippen MR) is 66.2 cm³/mol. The largest absolute Gasteiger partial charge is 0.396 e. The molecule has 0 radical (unpaired) electrons. The molecule has 1 N–H and O–H groups in total. The molecule has 1 atom stereocenters. The number of hydrogen-bond acceptors (Lipinski definition) is 3. The lowest BCUT2D eigenvalue weighted by molar-refractivity contribution is 0.240. The summed E-state index contributed by atoms with van der Waals surface area (Å²) in [6, 6.07) is 4.02. The van der Waals surface area contributed by atoms with Crippen LogP contribution in [-0.2, 0) is 0 Å². The lowest BCUT2D eigenvalue weighted by Crippen LogP contribution is -2.26. The lowest BCUT2D eigenvalue weighted by atomic mass is 10.2. The van der Waals surface area contributed by atoms with E-state index in [4.69, 9.17) is 5.11 Å². The van der Waals surface area contributed by atoms with E-state index in [0.29, 0.717) is 0 Å². The third-order valence-corrected chi connectivity index (χ3v) is 2.86. The fourth-order valence-corrected chi connectivity index (χ4v) is 2.14. The Morgan fingerprint density at radius 3 is 2.73 bits per heavy atom. The number of pyridine rings is 1. The Kier molecular flexibility index (Phi) is 4.54. The van der Waals surface area contributed by atoms with Crippen molar-refractivity contribution in [1.29, 1.82) is 0 Å². The van der Waals surface area contributed by atoms with Crippen molar-refractivity contribution in [3.8, 4) is 0 Å². The second-order valence-electron chi connectivity index (χ2n) is 3.93. The minimum absolute atomic E-state index is 0.210. The van der Waals surface area contributed by atoms with Crippen LogP contribution < -0.4 is 4.90 Å². The summed E-state index contributed by atoms with van der Waals surface area (Å²) in [5, 5.41) is 8.99. The van der Waals surface area contributed by atoms with Crippen LogP contribution in [0.25, 0.3) is 0 Å². The van der Waals surface area contributed by atoms with E-state index in [2.05, 4.69) is 25.8 Å². The van der Waals surface area contributed by atoms with Gasteiger partial charge in [-0.3, -0.25) is 0 Å². The van der Waals surface area contributed by atoms with E-state index in [1.54, 1.807) is 0 Å². The summed E-state index contributed by atoms with van der Waals surface area (Å²) in [5.41, 5.74) is 2.05. The number of aryl methyl sites for hydroxylation is 1. The van der Waals surface area contributed by atoms with E-state index in [1.165, 1.54) is 0 Å². The van der Waals surface area contributed by atoms with Crippen LogP contribution in [0.4, 0.5) is 5.69 Å². The highest BCUT2D eigenvalue weighted by molar-refractivity contribution is 9.10. The molecule has 0 fully saturated rings. The third-order valence-electron chi connectivity index (χ3n) is 2.28. The van der Waals surface area contributed by atoms with Gasteiger partial charge in [0.1, 0.15) is 4.60 Å². The summed E-state index contributed by atoms with van der Waals surface area (Å²) < 4.78 is 0.857. The molecule has 0 aliphatic rings. The number of aromatic nitrogens is 1. The molecular weight excluding hydrogens is 256 g/mol. The quantitative estimate of drug-likeness (QED) is 0.854. The zero-order valence-electron chi connectivity index (χ0n) is 9.37. The zero-order chi connectivity index (χ0) is 11.4. The van der Waals surface area contributed by atoms with Crippen LogP contribution in [0.15, 0.2) is 16.7 Å². The highest BCUT2D eigenvalue weighted by atomic mass is 79.9. The molecule has 1 heterocycles. The van der Waals surface area contributed by atoms with Crippen molar-refractivity contribution in [2.24, 2.45) is 5.92 Å². The maximum atomic E-state index is 8.99. The fourth-order valence-electron chi connectivity index (χ4n) is 1.43. The van der Waals surface area contributed by atoms with Crippen molar-refractivity contribution < 1.29 is 5.11 Å². The number of rotatable bonds is 4. The summed E-state index contributed by atoms with van der Waals surface area (Å²) >= 11 is 3.44. The normalized spacial score (nSPS) is 12.6. The Labute approximate surface area is 99.3 Å². The molecule has 0 saturated heterocycles. The zero-order valence-corrected chi connectivity index (χ0v) is 11.0. The molecule has 1 unspecified atom stereocenters. The molecule has 1 aromatic heterocycles. The molecule has 3 nitrogen and oxygen atoms in total. The molecule has 0 amide bonds. The Hall–Kier alpha value is -0.610. The molecule has 15 heavy (non-hydrogen) atoms.